The molecule has 0 amide bonds. The lowest BCUT2D eigenvalue weighted by molar-refractivity contribution is 0.122. The van der Waals surface area contributed by atoms with Gasteiger partial charge >= 0.3 is 0 Å². The van der Waals surface area contributed by atoms with E-state index in [0.29, 0.717) is 53.9 Å². The number of morpholine rings is 1. The van der Waals surface area contributed by atoms with E-state index in [1.54, 1.807) is 23.0 Å². The van der Waals surface area contributed by atoms with Gasteiger partial charge < -0.3 is 14.2 Å². The van der Waals surface area contributed by atoms with Crippen LogP contribution in [0.2, 0.25) is 5.02 Å². The zero-order chi connectivity index (χ0) is 22.1. The molecule has 1 aliphatic rings. The van der Waals surface area contributed by atoms with Crippen molar-refractivity contribution in [2.75, 3.05) is 31.2 Å². The molecule has 5 rings (SSSR count). The van der Waals surface area contributed by atoms with Crippen LogP contribution in [-0.2, 0) is 17.7 Å². The minimum absolute atomic E-state index is 0.197. The number of hydrogen-bond acceptors (Lipinski definition) is 6. The van der Waals surface area contributed by atoms with Crippen molar-refractivity contribution in [2.45, 2.75) is 19.9 Å². The van der Waals surface area contributed by atoms with Gasteiger partial charge in [0.15, 0.2) is 11.2 Å². The highest BCUT2D eigenvalue weighted by Gasteiger charge is 2.18. The van der Waals surface area contributed by atoms with Crippen LogP contribution < -0.4 is 10.5 Å². The summed E-state index contributed by atoms with van der Waals surface area (Å²) in [7, 11) is 0. The van der Waals surface area contributed by atoms with Crippen molar-refractivity contribution in [2.24, 2.45) is 0 Å². The van der Waals surface area contributed by atoms with Crippen LogP contribution in [0.15, 0.2) is 53.7 Å². The van der Waals surface area contributed by atoms with Crippen molar-refractivity contribution in [3.63, 3.8) is 0 Å². The SMILES string of the molecule is CCn1cnc2c(=O)n(-c3ccc(Cl)cc3)c(Cc3ccc(N4CCOCC4)nc3)nc21. The van der Waals surface area contributed by atoms with Crippen LogP contribution >= 0.6 is 11.6 Å². The summed E-state index contributed by atoms with van der Waals surface area (Å²) in [5.41, 5.74) is 2.42. The van der Waals surface area contributed by atoms with Crippen LogP contribution in [0.25, 0.3) is 16.9 Å². The van der Waals surface area contributed by atoms with Crippen LogP contribution in [-0.4, -0.2) is 50.4 Å². The molecule has 32 heavy (non-hydrogen) atoms. The minimum Gasteiger partial charge on any atom is -0.378 e. The van der Waals surface area contributed by atoms with Gasteiger partial charge in [0.25, 0.3) is 5.56 Å². The van der Waals surface area contributed by atoms with Crippen LogP contribution in [0.4, 0.5) is 5.82 Å². The van der Waals surface area contributed by atoms with Crippen LogP contribution in [0, 0.1) is 0 Å². The third kappa shape index (κ3) is 3.87. The molecule has 0 atom stereocenters. The van der Waals surface area contributed by atoms with Crippen LogP contribution in [0.5, 0.6) is 0 Å². The summed E-state index contributed by atoms with van der Waals surface area (Å²) in [6.07, 6.45) is 3.97. The van der Waals surface area contributed by atoms with E-state index in [4.69, 9.17) is 21.3 Å². The molecule has 1 saturated heterocycles. The number of pyridine rings is 1. The summed E-state index contributed by atoms with van der Waals surface area (Å²) in [6, 6.07) is 11.2. The number of aryl methyl sites for hydroxylation is 1. The maximum atomic E-state index is 13.4. The van der Waals surface area contributed by atoms with Crippen LogP contribution in [0.1, 0.15) is 18.3 Å². The Morgan fingerprint density at radius 1 is 1.06 bits per heavy atom. The molecule has 0 spiro atoms. The smallest absolute Gasteiger partial charge is 0.286 e. The third-order valence-corrected chi connectivity index (χ3v) is 5.89. The second-order valence-electron chi connectivity index (χ2n) is 7.65. The molecule has 0 radical (unpaired) electrons. The first-order valence-electron chi connectivity index (χ1n) is 10.6. The van der Waals surface area contributed by atoms with Crippen molar-refractivity contribution < 1.29 is 4.74 Å². The average Bonchev–Trinajstić information content (AvgIpc) is 3.24. The highest BCUT2D eigenvalue weighted by Crippen LogP contribution is 2.19. The van der Waals surface area contributed by atoms with Crippen molar-refractivity contribution >= 4 is 28.6 Å². The topological polar surface area (TPSA) is 78.1 Å². The number of halogens is 1. The van der Waals surface area contributed by atoms with Gasteiger partial charge in [0.05, 0.1) is 25.2 Å². The molecule has 4 aromatic rings. The first kappa shape index (κ1) is 20.7. The molecule has 0 bridgehead atoms. The van der Waals surface area contributed by atoms with Gasteiger partial charge in [0.1, 0.15) is 11.6 Å². The quantitative estimate of drug-likeness (QED) is 0.465. The standard InChI is InChI=1S/C23H23ClN6O2/c1-2-28-15-26-21-22(28)27-20(30(23(21)31)18-6-4-17(24)5-7-18)13-16-3-8-19(25-14-16)29-9-11-32-12-10-29/h3-8,14-15H,2,9-13H2,1H3. The Morgan fingerprint density at radius 3 is 2.53 bits per heavy atom. The third-order valence-electron chi connectivity index (χ3n) is 5.64. The molecule has 8 nitrogen and oxygen atoms in total. The first-order valence-corrected chi connectivity index (χ1v) is 11.0. The van der Waals surface area contributed by atoms with Gasteiger partial charge in [-0.25, -0.2) is 15.0 Å². The van der Waals surface area contributed by atoms with E-state index < -0.39 is 0 Å². The lowest BCUT2D eigenvalue weighted by Gasteiger charge is -2.27. The Balaban J connectivity index is 1.56. The first-order chi connectivity index (χ1) is 15.6. The van der Waals surface area contributed by atoms with Crippen molar-refractivity contribution in [3.8, 4) is 5.69 Å². The predicted octanol–water partition coefficient (Wildman–Crippen LogP) is 3.08. The molecular weight excluding hydrogens is 428 g/mol. The second kappa shape index (κ2) is 8.72. The Labute approximate surface area is 190 Å². The number of nitrogens with zero attached hydrogens (tertiary/aromatic N) is 6. The lowest BCUT2D eigenvalue weighted by atomic mass is 10.2. The zero-order valence-electron chi connectivity index (χ0n) is 17.7. The van der Waals surface area contributed by atoms with E-state index in [2.05, 4.69) is 14.9 Å². The van der Waals surface area contributed by atoms with Crippen molar-refractivity contribution in [1.29, 1.82) is 0 Å². The van der Waals surface area contributed by atoms with Gasteiger partial charge in [-0.3, -0.25) is 9.36 Å². The summed E-state index contributed by atoms with van der Waals surface area (Å²) in [4.78, 5) is 29.4. The van der Waals surface area contributed by atoms with E-state index >= 15 is 0 Å². The molecule has 0 saturated carbocycles. The summed E-state index contributed by atoms with van der Waals surface area (Å²) in [6.45, 7) is 5.78. The van der Waals surface area contributed by atoms with E-state index in [9.17, 15) is 4.79 Å². The molecule has 3 aromatic heterocycles. The number of fused-ring (bicyclic) bond motifs is 1. The molecule has 1 fully saturated rings. The summed E-state index contributed by atoms with van der Waals surface area (Å²) >= 11 is 6.07. The fourth-order valence-electron chi connectivity index (χ4n) is 3.93. The van der Waals surface area contributed by atoms with E-state index in [-0.39, 0.29) is 5.56 Å². The van der Waals surface area contributed by atoms with Gasteiger partial charge in [-0.05, 0) is 42.8 Å². The number of ether oxygens (including phenoxy) is 1. The summed E-state index contributed by atoms with van der Waals surface area (Å²) < 4.78 is 8.91. The highest BCUT2D eigenvalue weighted by molar-refractivity contribution is 6.30. The van der Waals surface area contributed by atoms with E-state index in [0.717, 1.165) is 24.5 Å². The fourth-order valence-corrected chi connectivity index (χ4v) is 4.06. The van der Waals surface area contributed by atoms with Gasteiger partial charge in [-0.1, -0.05) is 17.7 Å². The normalized spacial score (nSPS) is 14.2. The lowest BCUT2D eigenvalue weighted by Crippen LogP contribution is -2.36. The molecule has 4 heterocycles. The number of hydrogen-bond donors (Lipinski definition) is 0. The van der Waals surface area contributed by atoms with E-state index in [1.165, 1.54) is 0 Å². The number of rotatable bonds is 5. The van der Waals surface area contributed by atoms with Crippen molar-refractivity contribution in [3.05, 3.63) is 75.7 Å². The van der Waals surface area contributed by atoms with Gasteiger partial charge in [0, 0.05) is 37.3 Å². The second-order valence-corrected chi connectivity index (χ2v) is 8.09. The number of imidazole rings is 1. The monoisotopic (exact) mass is 450 g/mol. The van der Waals surface area contributed by atoms with Gasteiger partial charge in [-0.2, -0.15) is 0 Å². The summed E-state index contributed by atoms with van der Waals surface area (Å²) in [5.74, 6) is 1.56. The van der Waals surface area contributed by atoms with Gasteiger partial charge in [0.2, 0.25) is 0 Å². The number of benzene rings is 1. The molecule has 0 N–H and O–H groups in total. The summed E-state index contributed by atoms with van der Waals surface area (Å²) in [5, 5.41) is 0.607. The largest absolute Gasteiger partial charge is 0.378 e. The Kier molecular flexibility index (Phi) is 5.63. The molecule has 1 aromatic carbocycles. The Bertz CT molecular complexity index is 1290. The molecular formula is C23H23ClN6O2. The fraction of sp³-hybridized carbons (Fsp3) is 0.304. The molecule has 0 unspecified atom stereocenters. The maximum absolute atomic E-state index is 13.4. The average molecular weight is 451 g/mol. The van der Waals surface area contributed by atoms with Gasteiger partial charge in [-0.15, -0.1) is 0 Å². The molecule has 0 aliphatic carbocycles. The predicted molar refractivity (Wildman–Crippen MR) is 124 cm³/mol. The minimum atomic E-state index is -0.197. The highest BCUT2D eigenvalue weighted by atomic mass is 35.5. The zero-order valence-corrected chi connectivity index (χ0v) is 18.5. The Hall–Kier alpha value is -3.23. The maximum Gasteiger partial charge on any atom is 0.286 e. The Morgan fingerprint density at radius 2 is 1.84 bits per heavy atom. The molecule has 1 aliphatic heterocycles. The van der Waals surface area contributed by atoms with Crippen LogP contribution in [0.3, 0.4) is 0 Å². The molecule has 9 heteroatoms. The molecule has 164 valence electrons. The van der Waals surface area contributed by atoms with Crippen molar-refractivity contribution in [1.82, 2.24) is 24.1 Å². The van der Waals surface area contributed by atoms with E-state index in [1.807, 2.05) is 42.0 Å². The number of anilines is 1. The number of aromatic nitrogens is 5.